The molecule has 0 aromatic rings. The lowest BCUT2D eigenvalue weighted by Crippen LogP contribution is -2.45. The Morgan fingerprint density at radius 2 is 2.11 bits per heavy atom. The van der Waals surface area contributed by atoms with E-state index in [2.05, 4.69) is 19.2 Å². The van der Waals surface area contributed by atoms with Gasteiger partial charge in [0.1, 0.15) is 0 Å². The van der Waals surface area contributed by atoms with E-state index in [0.29, 0.717) is 12.0 Å². The highest BCUT2D eigenvalue weighted by Gasteiger charge is 2.23. The molecule has 0 aliphatic carbocycles. The third-order valence-corrected chi connectivity index (χ3v) is 2.30. The molecule has 2 nitrogen and oxygen atoms in total. The fourth-order valence-electron chi connectivity index (χ4n) is 1.24. The van der Waals surface area contributed by atoms with Crippen molar-refractivity contribution in [3.05, 3.63) is 0 Å². The molecule has 0 unspecified atom stereocenters. The Hall–Kier alpha value is -0.0800. The van der Waals surface area contributed by atoms with Gasteiger partial charge in [-0.05, 0) is 25.8 Å². The molecule has 9 heavy (non-hydrogen) atoms. The van der Waals surface area contributed by atoms with Crippen LogP contribution in [-0.4, -0.2) is 23.8 Å². The number of aliphatic hydroxyl groups is 1. The molecule has 0 saturated carbocycles. The fraction of sp³-hybridized carbons (Fsp3) is 1.00. The van der Waals surface area contributed by atoms with E-state index in [0.717, 1.165) is 13.0 Å². The van der Waals surface area contributed by atoms with Crippen molar-refractivity contribution in [2.24, 2.45) is 5.92 Å². The second-order valence-corrected chi connectivity index (χ2v) is 2.96. The van der Waals surface area contributed by atoms with Crippen molar-refractivity contribution in [1.82, 2.24) is 5.32 Å². The van der Waals surface area contributed by atoms with Gasteiger partial charge in [0, 0.05) is 6.04 Å². The topological polar surface area (TPSA) is 32.3 Å². The number of nitrogens with one attached hydrogen (secondary N) is 1. The number of piperidine rings is 1. The van der Waals surface area contributed by atoms with Crippen LogP contribution < -0.4 is 5.32 Å². The van der Waals surface area contributed by atoms with E-state index in [1.165, 1.54) is 0 Å². The highest BCUT2D eigenvalue weighted by molar-refractivity contribution is 4.80. The van der Waals surface area contributed by atoms with Crippen molar-refractivity contribution in [3.8, 4) is 0 Å². The molecule has 2 N–H and O–H groups in total. The maximum Gasteiger partial charge on any atom is 0.0592 e. The van der Waals surface area contributed by atoms with Crippen LogP contribution in [0.4, 0.5) is 0 Å². The summed E-state index contributed by atoms with van der Waals surface area (Å²) in [6.45, 7) is 5.17. The molecule has 0 spiro atoms. The molecule has 0 bridgehead atoms. The van der Waals surface area contributed by atoms with Gasteiger partial charge in [-0.3, -0.25) is 0 Å². The van der Waals surface area contributed by atoms with Crippen molar-refractivity contribution >= 4 is 0 Å². The minimum absolute atomic E-state index is 0.0822. The van der Waals surface area contributed by atoms with Gasteiger partial charge in [0.2, 0.25) is 0 Å². The van der Waals surface area contributed by atoms with Crippen molar-refractivity contribution in [2.45, 2.75) is 32.4 Å². The van der Waals surface area contributed by atoms with Crippen LogP contribution in [0.3, 0.4) is 0 Å². The van der Waals surface area contributed by atoms with Crippen LogP contribution in [0.1, 0.15) is 20.3 Å². The minimum Gasteiger partial charge on any atom is -0.393 e. The van der Waals surface area contributed by atoms with Crippen LogP contribution >= 0.6 is 0 Å². The number of aliphatic hydroxyl groups excluding tert-OH is 1. The maximum absolute atomic E-state index is 9.31. The lowest BCUT2D eigenvalue weighted by atomic mass is 9.91. The van der Waals surface area contributed by atoms with Crippen molar-refractivity contribution in [1.29, 1.82) is 0 Å². The molecule has 0 aromatic heterocycles. The molecule has 1 aliphatic rings. The van der Waals surface area contributed by atoms with E-state index in [-0.39, 0.29) is 6.10 Å². The summed E-state index contributed by atoms with van der Waals surface area (Å²) in [5.74, 6) is 0.416. The van der Waals surface area contributed by atoms with Crippen molar-refractivity contribution in [2.75, 3.05) is 6.54 Å². The third-order valence-electron chi connectivity index (χ3n) is 2.30. The molecule has 1 heterocycles. The predicted molar refractivity (Wildman–Crippen MR) is 37.3 cm³/mol. The average molecular weight is 129 g/mol. The van der Waals surface area contributed by atoms with Crippen molar-refractivity contribution < 1.29 is 5.11 Å². The Balaban J connectivity index is 2.41. The lowest BCUT2D eigenvalue weighted by molar-refractivity contribution is 0.0661. The summed E-state index contributed by atoms with van der Waals surface area (Å²) in [6, 6.07) is 0.480. The van der Waals surface area contributed by atoms with Crippen LogP contribution in [-0.2, 0) is 0 Å². The van der Waals surface area contributed by atoms with Gasteiger partial charge >= 0.3 is 0 Å². The van der Waals surface area contributed by atoms with Crippen LogP contribution in [0.2, 0.25) is 0 Å². The Bertz CT molecular complexity index is 84.9. The minimum atomic E-state index is -0.0822. The van der Waals surface area contributed by atoms with Gasteiger partial charge < -0.3 is 10.4 Å². The average Bonchev–Trinajstić information content (AvgIpc) is 1.83. The summed E-state index contributed by atoms with van der Waals surface area (Å²) in [6.07, 6.45) is 0.826. The first kappa shape index (κ1) is 7.03. The van der Waals surface area contributed by atoms with E-state index < -0.39 is 0 Å². The summed E-state index contributed by atoms with van der Waals surface area (Å²) in [4.78, 5) is 0. The second-order valence-electron chi connectivity index (χ2n) is 2.96. The third kappa shape index (κ3) is 1.43. The lowest BCUT2D eigenvalue weighted by Gasteiger charge is -2.31. The Kier molecular flexibility index (Phi) is 2.09. The van der Waals surface area contributed by atoms with E-state index >= 15 is 0 Å². The number of hydrogen-bond acceptors (Lipinski definition) is 2. The number of rotatable bonds is 0. The first-order valence-electron chi connectivity index (χ1n) is 3.63. The van der Waals surface area contributed by atoms with Gasteiger partial charge in [0.15, 0.2) is 0 Å². The van der Waals surface area contributed by atoms with Gasteiger partial charge in [0.25, 0.3) is 0 Å². The van der Waals surface area contributed by atoms with Crippen LogP contribution in [0.25, 0.3) is 0 Å². The Labute approximate surface area is 56.3 Å². The van der Waals surface area contributed by atoms with E-state index in [1.54, 1.807) is 0 Å². The maximum atomic E-state index is 9.31. The van der Waals surface area contributed by atoms with Crippen LogP contribution in [0.5, 0.6) is 0 Å². The molecule has 3 atom stereocenters. The van der Waals surface area contributed by atoms with E-state index in [4.69, 9.17) is 0 Å². The molecular weight excluding hydrogens is 114 g/mol. The molecule has 2 heteroatoms. The first-order valence-corrected chi connectivity index (χ1v) is 3.63. The molecule has 0 radical (unpaired) electrons. The van der Waals surface area contributed by atoms with Crippen LogP contribution in [0.15, 0.2) is 0 Å². The molecule has 1 fully saturated rings. The number of hydrogen-bond donors (Lipinski definition) is 2. The highest BCUT2D eigenvalue weighted by Crippen LogP contribution is 2.15. The summed E-state index contributed by atoms with van der Waals surface area (Å²) in [5.41, 5.74) is 0. The molecule has 0 aromatic carbocycles. The monoisotopic (exact) mass is 129 g/mol. The van der Waals surface area contributed by atoms with Gasteiger partial charge in [-0.2, -0.15) is 0 Å². The zero-order chi connectivity index (χ0) is 6.85. The highest BCUT2D eigenvalue weighted by atomic mass is 16.3. The predicted octanol–water partition coefficient (Wildman–Crippen LogP) is 0.365. The smallest absolute Gasteiger partial charge is 0.0592 e. The van der Waals surface area contributed by atoms with Crippen molar-refractivity contribution in [3.63, 3.8) is 0 Å². The molecule has 1 aliphatic heterocycles. The molecule has 54 valence electrons. The summed E-state index contributed by atoms with van der Waals surface area (Å²) in [5, 5.41) is 12.6. The molecular formula is C7H15NO. The van der Waals surface area contributed by atoms with Gasteiger partial charge in [-0.25, -0.2) is 0 Å². The summed E-state index contributed by atoms with van der Waals surface area (Å²) >= 11 is 0. The molecule has 0 amide bonds. The Morgan fingerprint density at radius 1 is 1.44 bits per heavy atom. The van der Waals surface area contributed by atoms with E-state index in [9.17, 15) is 5.11 Å². The standard InChI is InChI=1S/C7H15NO/c1-5-6(2)8-4-3-7(5)9/h5-9H,3-4H2,1-2H3/t5-,6-,7-/m0/s1. The normalized spacial score (nSPS) is 45.0. The quantitative estimate of drug-likeness (QED) is 0.495. The largest absolute Gasteiger partial charge is 0.393 e. The Morgan fingerprint density at radius 3 is 2.56 bits per heavy atom. The van der Waals surface area contributed by atoms with E-state index in [1.807, 2.05) is 0 Å². The van der Waals surface area contributed by atoms with Crippen LogP contribution in [0, 0.1) is 5.92 Å². The SMILES string of the molecule is C[C@H]1[C@H](C)NCC[C@@H]1O. The molecule has 1 rings (SSSR count). The van der Waals surface area contributed by atoms with Gasteiger partial charge in [-0.1, -0.05) is 6.92 Å². The summed E-state index contributed by atoms with van der Waals surface area (Å²) < 4.78 is 0. The summed E-state index contributed by atoms with van der Waals surface area (Å²) in [7, 11) is 0. The fourth-order valence-corrected chi connectivity index (χ4v) is 1.24. The van der Waals surface area contributed by atoms with Gasteiger partial charge in [0.05, 0.1) is 6.10 Å². The molecule has 1 saturated heterocycles. The van der Waals surface area contributed by atoms with Gasteiger partial charge in [-0.15, -0.1) is 0 Å². The zero-order valence-electron chi connectivity index (χ0n) is 6.09. The second kappa shape index (κ2) is 2.67. The zero-order valence-corrected chi connectivity index (χ0v) is 6.09. The first-order chi connectivity index (χ1) is 4.22.